The Morgan fingerprint density at radius 2 is 1.96 bits per heavy atom. The van der Waals surface area contributed by atoms with Crippen molar-refractivity contribution in [3.63, 3.8) is 0 Å². The number of carbonyl (C=O) groups excluding carboxylic acids is 2. The Bertz CT molecular complexity index is 756. The molecule has 2 amide bonds. The molecule has 1 heterocycles. The summed E-state index contributed by atoms with van der Waals surface area (Å²) >= 11 is 0. The van der Waals surface area contributed by atoms with Crippen molar-refractivity contribution in [2.45, 2.75) is 25.9 Å². The molecule has 0 bridgehead atoms. The Balaban J connectivity index is 1.68. The van der Waals surface area contributed by atoms with E-state index in [-0.39, 0.29) is 11.8 Å². The molecule has 1 aliphatic heterocycles. The van der Waals surface area contributed by atoms with Crippen molar-refractivity contribution in [1.82, 2.24) is 0 Å². The summed E-state index contributed by atoms with van der Waals surface area (Å²) < 4.78 is 5.11. The van der Waals surface area contributed by atoms with Gasteiger partial charge >= 0.3 is 0 Å². The molecule has 0 atom stereocenters. The molecule has 5 heteroatoms. The minimum atomic E-state index is -0.175. The maximum Gasteiger partial charge on any atom is 0.255 e. The number of anilines is 2. The first-order valence-corrected chi connectivity index (χ1v) is 8.47. The van der Waals surface area contributed by atoms with E-state index in [0.29, 0.717) is 18.6 Å². The lowest BCUT2D eigenvalue weighted by Crippen LogP contribution is -2.35. The predicted octanol–water partition coefficient (Wildman–Crippen LogP) is 3.60. The van der Waals surface area contributed by atoms with Crippen molar-refractivity contribution >= 4 is 23.2 Å². The summed E-state index contributed by atoms with van der Waals surface area (Å²) in [6.45, 7) is 1.25. The van der Waals surface area contributed by atoms with Crippen LogP contribution in [-0.2, 0) is 16.1 Å². The number of hydrogen-bond donors (Lipinski definition) is 1. The van der Waals surface area contributed by atoms with Crippen LogP contribution in [0.5, 0.6) is 0 Å². The van der Waals surface area contributed by atoms with E-state index in [0.717, 1.165) is 36.3 Å². The van der Waals surface area contributed by atoms with Crippen LogP contribution in [0.15, 0.2) is 48.5 Å². The molecule has 0 aromatic heterocycles. The molecule has 2 aromatic rings. The first-order valence-electron chi connectivity index (χ1n) is 8.47. The predicted molar refractivity (Wildman–Crippen MR) is 97.8 cm³/mol. The normalized spacial score (nSPS) is 14.4. The number of rotatable bonds is 5. The Morgan fingerprint density at radius 3 is 2.68 bits per heavy atom. The lowest BCUT2D eigenvalue weighted by molar-refractivity contribution is -0.119. The fourth-order valence-corrected chi connectivity index (χ4v) is 2.98. The summed E-state index contributed by atoms with van der Waals surface area (Å²) in [6, 6.07) is 14.7. The third-order valence-corrected chi connectivity index (χ3v) is 4.26. The largest absolute Gasteiger partial charge is 0.380 e. The van der Waals surface area contributed by atoms with Gasteiger partial charge in [0, 0.05) is 37.0 Å². The van der Waals surface area contributed by atoms with Crippen molar-refractivity contribution < 1.29 is 14.3 Å². The molecule has 0 aliphatic carbocycles. The molecule has 1 saturated heterocycles. The monoisotopic (exact) mass is 338 g/mol. The van der Waals surface area contributed by atoms with Crippen LogP contribution in [0.4, 0.5) is 11.4 Å². The molecule has 0 radical (unpaired) electrons. The highest BCUT2D eigenvalue weighted by Gasteiger charge is 2.19. The topological polar surface area (TPSA) is 58.6 Å². The van der Waals surface area contributed by atoms with Gasteiger partial charge in [-0.15, -0.1) is 0 Å². The number of nitrogens with zero attached hydrogens (tertiary/aromatic N) is 1. The van der Waals surface area contributed by atoms with Crippen LogP contribution in [0.2, 0.25) is 0 Å². The molecule has 3 rings (SSSR count). The molecule has 130 valence electrons. The average Bonchev–Trinajstić information content (AvgIpc) is 2.63. The Hall–Kier alpha value is -2.66. The van der Waals surface area contributed by atoms with Crippen molar-refractivity contribution in [3.8, 4) is 0 Å². The Kier molecular flexibility index (Phi) is 5.46. The molecule has 1 fully saturated rings. The lowest BCUT2D eigenvalue weighted by atomic mass is 10.1. The molecule has 1 N–H and O–H groups in total. The van der Waals surface area contributed by atoms with E-state index in [1.165, 1.54) is 0 Å². The minimum absolute atomic E-state index is 0.151. The zero-order valence-corrected chi connectivity index (χ0v) is 14.3. The fraction of sp³-hybridized carbons (Fsp3) is 0.300. The van der Waals surface area contributed by atoms with Crippen LogP contribution < -0.4 is 10.2 Å². The molecule has 0 unspecified atom stereocenters. The smallest absolute Gasteiger partial charge is 0.255 e. The highest BCUT2D eigenvalue weighted by Crippen LogP contribution is 2.22. The number of piperidine rings is 1. The summed E-state index contributed by atoms with van der Waals surface area (Å²) in [5.41, 5.74) is 3.14. The van der Waals surface area contributed by atoms with Gasteiger partial charge in [-0.2, -0.15) is 0 Å². The van der Waals surface area contributed by atoms with E-state index in [1.807, 2.05) is 36.4 Å². The van der Waals surface area contributed by atoms with Gasteiger partial charge in [-0.25, -0.2) is 0 Å². The van der Waals surface area contributed by atoms with Gasteiger partial charge in [-0.05, 0) is 54.8 Å². The molecule has 5 nitrogen and oxygen atoms in total. The van der Waals surface area contributed by atoms with Crippen LogP contribution in [0.3, 0.4) is 0 Å². The van der Waals surface area contributed by atoms with Crippen molar-refractivity contribution in [1.29, 1.82) is 0 Å². The number of benzene rings is 2. The van der Waals surface area contributed by atoms with Crippen LogP contribution in [-0.4, -0.2) is 25.5 Å². The maximum absolute atomic E-state index is 12.4. The third kappa shape index (κ3) is 4.25. The summed E-state index contributed by atoms with van der Waals surface area (Å²) in [5, 5.41) is 2.89. The number of hydrogen-bond acceptors (Lipinski definition) is 3. The first-order chi connectivity index (χ1) is 12.2. The summed E-state index contributed by atoms with van der Waals surface area (Å²) in [7, 11) is 1.64. The highest BCUT2D eigenvalue weighted by atomic mass is 16.5. The molecular formula is C20H22N2O3. The highest BCUT2D eigenvalue weighted by molar-refractivity contribution is 6.04. The molecular weight excluding hydrogens is 316 g/mol. The SMILES string of the molecule is COCc1cccc(NC(=O)c2ccc(N3CCCCC3=O)cc2)c1. The first kappa shape index (κ1) is 17.2. The van der Waals surface area contributed by atoms with Gasteiger partial charge in [-0.1, -0.05) is 12.1 Å². The van der Waals surface area contributed by atoms with E-state index in [1.54, 1.807) is 24.1 Å². The third-order valence-electron chi connectivity index (χ3n) is 4.26. The van der Waals surface area contributed by atoms with Crippen molar-refractivity contribution in [2.24, 2.45) is 0 Å². The van der Waals surface area contributed by atoms with Crippen LogP contribution in [0.1, 0.15) is 35.2 Å². The number of carbonyl (C=O) groups is 2. The fourth-order valence-electron chi connectivity index (χ4n) is 2.98. The minimum Gasteiger partial charge on any atom is -0.380 e. The van der Waals surface area contributed by atoms with Crippen LogP contribution in [0.25, 0.3) is 0 Å². The molecule has 0 saturated carbocycles. The standard InChI is InChI=1S/C20H22N2O3/c1-25-14-15-5-4-6-17(13-15)21-20(24)16-8-10-18(11-9-16)22-12-3-2-7-19(22)23/h4-6,8-11,13H,2-3,7,12,14H2,1H3,(H,21,24). The van der Waals surface area contributed by atoms with Gasteiger partial charge in [0.1, 0.15) is 0 Å². The van der Waals surface area contributed by atoms with E-state index in [2.05, 4.69) is 5.32 Å². The molecule has 25 heavy (non-hydrogen) atoms. The van der Waals surface area contributed by atoms with E-state index >= 15 is 0 Å². The summed E-state index contributed by atoms with van der Waals surface area (Å²) in [5.74, 6) is -0.0236. The van der Waals surface area contributed by atoms with Gasteiger partial charge in [0.05, 0.1) is 6.61 Å². The summed E-state index contributed by atoms with van der Waals surface area (Å²) in [4.78, 5) is 26.2. The Labute approximate surface area is 147 Å². The van der Waals surface area contributed by atoms with Gasteiger partial charge in [0.25, 0.3) is 5.91 Å². The Morgan fingerprint density at radius 1 is 1.16 bits per heavy atom. The van der Waals surface area contributed by atoms with Crippen LogP contribution >= 0.6 is 0 Å². The average molecular weight is 338 g/mol. The number of methoxy groups -OCH3 is 1. The molecule has 1 aliphatic rings. The second kappa shape index (κ2) is 7.94. The number of amides is 2. The van der Waals surface area contributed by atoms with Gasteiger partial charge < -0.3 is 15.0 Å². The van der Waals surface area contributed by atoms with Crippen molar-refractivity contribution in [3.05, 3.63) is 59.7 Å². The van der Waals surface area contributed by atoms with Crippen molar-refractivity contribution in [2.75, 3.05) is 23.9 Å². The zero-order valence-electron chi connectivity index (χ0n) is 14.3. The maximum atomic E-state index is 12.4. The van der Waals surface area contributed by atoms with Crippen LogP contribution in [0, 0.1) is 0 Å². The molecule has 2 aromatic carbocycles. The molecule has 0 spiro atoms. The quantitative estimate of drug-likeness (QED) is 0.906. The lowest BCUT2D eigenvalue weighted by Gasteiger charge is -2.26. The zero-order chi connectivity index (χ0) is 17.6. The second-order valence-electron chi connectivity index (χ2n) is 6.14. The number of nitrogens with one attached hydrogen (secondary N) is 1. The van der Waals surface area contributed by atoms with Gasteiger partial charge in [0.15, 0.2) is 0 Å². The van der Waals surface area contributed by atoms with Gasteiger partial charge in [-0.3, -0.25) is 9.59 Å². The van der Waals surface area contributed by atoms with E-state index in [9.17, 15) is 9.59 Å². The second-order valence-corrected chi connectivity index (χ2v) is 6.14. The summed E-state index contributed by atoms with van der Waals surface area (Å²) in [6.07, 6.45) is 2.57. The number of ether oxygens (including phenoxy) is 1. The van der Waals surface area contributed by atoms with E-state index < -0.39 is 0 Å². The van der Waals surface area contributed by atoms with E-state index in [4.69, 9.17) is 4.74 Å². The van der Waals surface area contributed by atoms with Gasteiger partial charge in [0.2, 0.25) is 5.91 Å².